The quantitative estimate of drug-likeness (QED) is 0.554. The fraction of sp³-hybridized carbons (Fsp3) is 0.654. The van der Waals surface area contributed by atoms with Gasteiger partial charge >= 0.3 is 5.97 Å². The molecule has 2 aliphatic heterocycles. The maximum Gasteiger partial charge on any atom is 0.310 e. The number of rotatable bonds is 4. The van der Waals surface area contributed by atoms with Gasteiger partial charge in [0, 0.05) is 45.2 Å². The Hall–Kier alpha value is -1.65. The normalized spacial score (nSPS) is 37.5. The summed E-state index contributed by atoms with van der Waals surface area (Å²) in [6.07, 6.45) is 5.94. The van der Waals surface area contributed by atoms with Gasteiger partial charge in [0.25, 0.3) is 0 Å². The lowest BCUT2D eigenvalue weighted by molar-refractivity contribution is -0.146. The molecule has 4 aliphatic rings. The highest BCUT2D eigenvalue weighted by molar-refractivity contribution is 5.75. The number of carbonyl (C=O) groups is 1. The summed E-state index contributed by atoms with van der Waals surface area (Å²) in [4.78, 5) is 17.9. The summed E-state index contributed by atoms with van der Waals surface area (Å²) < 4.78 is 5.96. The minimum atomic E-state index is 0.0509. The van der Waals surface area contributed by atoms with Crippen molar-refractivity contribution in [2.45, 2.75) is 51.7 Å². The number of hydrogen-bond donors (Lipinski definition) is 0. The molecule has 5 rings (SSSR count). The molecule has 1 aromatic rings. The number of allylic oxidation sites excluding steroid dienone is 1. The molecule has 4 fully saturated rings. The third-order valence-electron chi connectivity index (χ3n) is 8.49. The van der Waals surface area contributed by atoms with Crippen molar-refractivity contribution in [2.24, 2.45) is 23.2 Å². The molecule has 0 bridgehead atoms. The minimum Gasteiger partial charge on any atom is -0.462 e. The molecule has 4 heteroatoms. The van der Waals surface area contributed by atoms with Crippen LogP contribution in [-0.4, -0.2) is 54.6 Å². The van der Waals surface area contributed by atoms with Gasteiger partial charge in [0.2, 0.25) is 0 Å². The summed E-state index contributed by atoms with van der Waals surface area (Å²) in [5, 5.41) is 0. The number of fused-ring (bicyclic) bond motifs is 2. The summed E-state index contributed by atoms with van der Waals surface area (Å²) in [6.45, 7) is 12.9. The summed E-state index contributed by atoms with van der Waals surface area (Å²) in [7, 11) is 0. The van der Waals surface area contributed by atoms with Crippen LogP contribution in [0.1, 0.15) is 44.6 Å². The second-order valence-corrected chi connectivity index (χ2v) is 10.5. The van der Waals surface area contributed by atoms with Gasteiger partial charge in [-0.1, -0.05) is 49.4 Å². The first-order valence-corrected chi connectivity index (χ1v) is 11.9. The molecule has 0 aromatic heterocycles. The Morgan fingerprint density at radius 1 is 1.13 bits per heavy atom. The molecule has 2 saturated heterocycles. The molecule has 2 heterocycles. The fourth-order valence-electron chi connectivity index (χ4n) is 6.71. The van der Waals surface area contributed by atoms with Gasteiger partial charge in [-0.3, -0.25) is 14.6 Å². The zero-order valence-electron chi connectivity index (χ0n) is 18.4. The molecule has 0 amide bonds. The van der Waals surface area contributed by atoms with E-state index in [0.29, 0.717) is 11.8 Å². The van der Waals surface area contributed by atoms with Gasteiger partial charge in [-0.15, -0.1) is 0 Å². The lowest BCUT2D eigenvalue weighted by Gasteiger charge is -2.50. The van der Waals surface area contributed by atoms with Crippen LogP contribution in [0.25, 0.3) is 0 Å². The zero-order valence-corrected chi connectivity index (χ0v) is 18.4. The van der Waals surface area contributed by atoms with Crippen molar-refractivity contribution in [2.75, 3.05) is 32.7 Å². The lowest BCUT2D eigenvalue weighted by Crippen LogP contribution is -2.49. The fourth-order valence-corrected chi connectivity index (χ4v) is 6.71. The molecule has 0 N–H and O–H groups in total. The molecule has 1 aromatic carbocycles. The molecule has 5 atom stereocenters. The van der Waals surface area contributed by atoms with Crippen molar-refractivity contribution < 1.29 is 9.53 Å². The molecule has 2 saturated carbocycles. The van der Waals surface area contributed by atoms with E-state index in [2.05, 4.69) is 53.6 Å². The summed E-state index contributed by atoms with van der Waals surface area (Å²) in [5.41, 5.74) is 3.09. The predicted octanol–water partition coefficient (Wildman–Crippen LogP) is 4.12. The van der Waals surface area contributed by atoms with Crippen LogP contribution in [0.5, 0.6) is 0 Å². The average Bonchev–Trinajstić information content (AvgIpc) is 3.02. The Morgan fingerprint density at radius 2 is 1.87 bits per heavy atom. The van der Waals surface area contributed by atoms with Gasteiger partial charge in [0.15, 0.2) is 0 Å². The third kappa shape index (κ3) is 3.85. The number of esters is 1. The van der Waals surface area contributed by atoms with Gasteiger partial charge in [-0.2, -0.15) is 0 Å². The largest absolute Gasteiger partial charge is 0.462 e. The van der Waals surface area contributed by atoms with E-state index in [1.807, 2.05) is 0 Å². The Kier molecular flexibility index (Phi) is 5.49. The maximum atomic E-state index is 12.8. The van der Waals surface area contributed by atoms with Gasteiger partial charge in [-0.05, 0) is 49.0 Å². The van der Waals surface area contributed by atoms with E-state index >= 15 is 0 Å². The van der Waals surface area contributed by atoms with E-state index in [-0.39, 0.29) is 23.4 Å². The van der Waals surface area contributed by atoms with Gasteiger partial charge in [-0.25, -0.2) is 0 Å². The van der Waals surface area contributed by atoms with E-state index in [1.165, 1.54) is 30.4 Å². The first-order valence-electron chi connectivity index (χ1n) is 11.9. The van der Waals surface area contributed by atoms with E-state index in [4.69, 9.17) is 4.74 Å². The highest BCUT2D eigenvalue weighted by atomic mass is 16.6. The van der Waals surface area contributed by atoms with Gasteiger partial charge < -0.3 is 4.74 Å². The van der Waals surface area contributed by atoms with Crippen LogP contribution in [0, 0.1) is 23.2 Å². The van der Waals surface area contributed by atoms with Crippen molar-refractivity contribution >= 4 is 5.97 Å². The molecule has 162 valence electrons. The van der Waals surface area contributed by atoms with Crippen LogP contribution in [0.3, 0.4) is 0 Å². The highest BCUT2D eigenvalue weighted by Crippen LogP contribution is 2.56. The van der Waals surface area contributed by atoms with Crippen molar-refractivity contribution in [3.63, 3.8) is 0 Å². The minimum absolute atomic E-state index is 0.0509. The van der Waals surface area contributed by atoms with Crippen molar-refractivity contribution in [1.29, 1.82) is 0 Å². The van der Waals surface area contributed by atoms with Gasteiger partial charge in [0.05, 0.1) is 5.92 Å². The Labute approximate surface area is 181 Å². The Morgan fingerprint density at radius 3 is 2.63 bits per heavy atom. The number of hydrogen-bond acceptors (Lipinski definition) is 4. The lowest BCUT2D eigenvalue weighted by atomic mass is 9.55. The van der Waals surface area contributed by atoms with Crippen molar-refractivity contribution in [3.05, 3.63) is 48.0 Å². The van der Waals surface area contributed by atoms with Crippen molar-refractivity contribution in [1.82, 2.24) is 9.80 Å². The van der Waals surface area contributed by atoms with Gasteiger partial charge in [0.1, 0.15) is 6.10 Å². The standard InChI is InChI=1S/C26H36N2O2/c1-19-7-6-10-26(2)16-24-21(15-23(19)26)22(25(29)30-24)18-28-13-11-27(12-14-28)17-20-8-4-3-5-9-20/h3-5,8-9,21-24H,1,6-7,10-18H2,2H3/t21-,22-,23-,24-,26-/m1/s1. The van der Waals surface area contributed by atoms with Crippen LogP contribution < -0.4 is 0 Å². The van der Waals surface area contributed by atoms with E-state index in [0.717, 1.165) is 52.1 Å². The number of ether oxygens (including phenoxy) is 1. The summed E-state index contributed by atoms with van der Waals surface area (Å²) >= 11 is 0. The first kappa shape index (κ1) is 20.3. The monoisotopic (exact) mass is 408 g/mol. The van der Waals surface area contributed by atoms with Crippen LogP contribution in [0.15, 0.2) is 42.5 Å². The Balaban J connectivity index is 1.19. The first-order chi connectivity index (χ1) is 14.5. The molecule has 2 aliphatic carbocycles. The van der Waals surface area contributed by atoms with Crippen LogP contribution in [0.4, 0.5) is 0 Å². The van der Waals surface area contributed by atoms with Crippen LogP contribution in [-0.2, 0) is 16.1 Å². The molecule has 0 unspecified atom stereocenters. The number of benzene rings is 1. The second-order valence-electron chi connectivity index (χ2n) is 10.5. The Bertz CT molecular complexity index is 785. The summed E-state index contributed by atoms with van der Waals surface area (Å²) in [6, 6.07) is 10.7. The van der Waals surface area contributed by atoms with Crippen LogP contribution >= 0.6 is 0 Å². The number of carbonyl (C=O) groups excluding carboxylic acids is 1. The number of piperazine rings is 1. The van der Waals surface area contributed by atoms with Crippen molar-refractivity contribution in [3.8, 4) is 0 Å². The summed E-state index contributed by atoms with van der Waals surface area (Å²) in [5.74, 6) is 1.07. The molecular formula is C26H36N2O2. The second kappa shape index (κ2) is 8.12. The number of nitrogens with zero attached hydrogens (tertiary/aromatic N) is 2. The molecule has 30 heavy (non-hydrogen) atoms. The SMILES string of the molecule is C=C1CCC[C@]2(C)C[C@H]3OC(=O)[C@H](CN4CCN(Cc5ccccc5)CC4)[C@H]3C[C@H]12. The van der Waals surface area contributed by atoms with E-state index in [1.54, 1.807) is 0 Å². The molecule has 0 radical (unpaired) electrons. The molecular weight excluding hydrogens is 372 g/mol. The average molecular weight is 409 g/mol. The topological polar surface area (TPSA) is 32.8 Å². The van der Waals surface area contributed by atoms with E-state index in [9.17, 15) is 4.79 Å². The van der Waals surface area contributed by atoms with E-state index < -0.39 is 0 Å². The molecule has 4 nitrogen and oxygen atoms in total. The molecule has 0 spiro atoms. The predicted molar refractivity (Wildman–Crippen MR) is 119 cm³/mol. The van der Waals surface area contributed by atoms with Crippen LogP contribution in [0.2, 0.25) is 0 Å². The highest BCUT2D eigenvalue weighted by Gasteiger charge is 2.55. The zero-order chi connectivity index (χ0) is 20.7. The smallest absolute Gasteiger partial charge is 0.310 e. The maximum absolute atomic E-state index is 12.8. The third-order valence-corrected chi connectivity index (χ3v) is 8.49.